The molecular weight excluding hydrogens is 188 g/mol. The lowest BCUT2D eigenvalue weighted by atomic mass is 9.83. The summed E-state index contributed by atoms with van der Waals surface area (Å²) in [6.07, 6.45) is 4.77. The molecule has 0 radical (unpaired) electrons. The molecule has 2 fully saturated rings. The SMILES string of the molecule is CN1CC[C@H](O)[C@@H](C[C@@H]2CCCNC2)C1. The van der Waals surface area contributed by atoms with Crippen LogP contribution in [-0.4, -0.2) is 49.3 Å². The van der Waals surface area contributed by atoms with E-state index in [-0.39, 0.29) is 6.10 Å². The van der Waals surface area contributed by atoms with E-state index in [0.717, 1.165) is 32.0 Å². The van der Waals surface area contributed by atoms with Crippen molar-refractivity contribution in [3.8, 4) is 0 Å². The number of nitrogens with one attached hydrogen (secondary N) is 1. The summed E-state index contributed by atoms with van der Waals surface area (Å²) in [6, 6.07) is 0. The van der Waals surface area contributed by atoms with E-state index in [1.165, 1.54) is 25.8 Å². The van der Waals surface area contributed by atoms with E-state index >= 15 is 0 Å². The molecule has 0 aliphatic carbocycles. The van der Waals surface area contributed by atoms with Crippen LogP contribution in [-0.2, 0) is 0 Å². The quantitative estimate of drug-likeness (QED) is 0.707. The largest absolute Gasteiger partial charge is 0.393 e. The third kappa shape index (κ3) is 3.16. The van der Waals surface area contributed by atoms with Gasteiger partial charge in [-0.3, -0.25) is 0 Å². The number of likely N-dealkylation sites (tertiary alicyclic amines) is 1. The lowest BCUT2D eigenvalue weighted by Gasteiger charge is -2.36. The normalized spacial score (nSPS) is 39.2. The first-order valence-electron chi connectivity index (χ1n) is 6.33. The lowest BCUT2D eigenvalue weighted by molar-refractivity contribution is 0.0228. The molecule has 0 aromatic rings. The maximum atomic E-state index is 9.97. The number of piperidine rings is 2. The van der Waals surface area contributed by atoms with Crippen molar-refractivity contribution >= 4 is 0 Å². The summed E-state index contributed by atoms with van der Waals surface area (Å²) < 4.78 is 0. The maximum Gasteiger partial charge on any atom is 0.0592 e. The van der Waals surface area contributed by atoms with E-state index < -0.39 is 0 Å². The van der Waals surface area contributed by atoms with Crippen molar-refractivity contribution in [3.63, 3.8) is 0 Å². The van der Waals surface area contributed by atoms with Gasteiger partial charge in [0.1, 0.15) is 0 Å². The molecule has 0 bridgehead atoms. The highest BCUT2D eigenvalue weighted by Crippen LogP contribution is 2.26. The van der Waals surface area contributed by atoms with Crippen LogP contribution in [0.3, 0.4) is 0 Å². The molecule has 0 amide bonds. The third-order valence-corrected chi connectivity index (χ3v) is 3.93. The molecule has 3 nitrogen and oxygen atoms in total. The van der Waals surface area contributed by atoms with Crippen LogP contribution in [0.4, 0.5) is 0 Å². The van der Waals surface area contributed by atoms with Crippen LogP contribution < -0.4 is 5.32 Å². The van der Waals surface area contributed by atoms with Crippen LogP contribution in [0, 0.1) is 11.8 Å². The zero-order chi connectivity index (χ0) is 10.7. The number of hydrogen-bond donors (Lipinski definition) is 2. The first-order valence-corrected chi connectivity index (χ1v) is 6.33. The molecule has 15 heavy (non-hydrogen) atoms. The van der Waals surface area contributed by atoms with Crippen molar-refractivity contribution in [2.75, 3.05) is 33.2 Å². The molecule has 3 atom stereocenters. The van der Waals surface area contributed by atoms with Gasteiger partial charge in [0.25, 0.3) is 0 Å². The van der Waals surface area contributed by atoms with Crippen LogP contribution >= 0.6 is 0 Å². The Labute approximate surface area is 92.8 Å². The van der Waals surface area contributed by atoms with Crippen molar-refractivity contribution in [2.45, 2.75) is 31.8 Å². The number of rotatable bonds is 2. The molecule has 0 saturated carbocycles. The summed E-state index contributed by atoms with van der Waals surface area (Å²) in [5.74, 6) is 1.30. The van der Waals surface area contributed by atoms with Crippen molar-refractivity contribution in [2.24, 2.45) is 11.8 Å². The Kier molecular flexibility index (Phi) is 4.00. The number of hydrogen-bond acceptors (Lipinski definition) is 3. The van der Waals surface area contributed by atoms with Crippen LogP contribution in [0.1, 0.15) is 25.7 Å². The molecule has 0 unspecified atom stereocenters. The second-order valence-corrected chi connectivity index (χ2v) is 5.33. The summed E-state index contributed by atoms with van der Waals surface area (Å²) in [5.41, 5.74) is 0. The Morgan fingerprint density at radius 1 is 1.40 bits per heavy atom. The Morgan fingerprint density at radius 3 is 3.00 bits per heavy atom. The van der Waals surface area contributed by atoms with E-state index in [1.54, 1.807) is 0 Å². The molecule has 2 N–H and O–H groups in total. The standard InChI is InChI=1S/C12H24N2O/c1-14-6-4-12(15)11(9-14)7-10-3-2-5-13-8-10/h10-13,15H,2-9H2,1H3/t10-,11-,12-/m0/s1. The van der Waals surface area contributed by atoms with E-state index in [1.807, 2.05) is 0 Å². The van der Waals surface area contributed by atoms with Gasteiger partial charge in [-0.15, -0.1) is 0 Å². The summed E-state index contributed by atoms with van der Waals surface area (Å²) in [6.45, 7) is 4.48. The van der Waals surface area contributed by atoms with Gasteiger partial charge in [0.2, 0.25) is 0 Å². The van der Waals surface area contributed by atoms with Crippen LogP contribution in [0.2, 0.25) is 0 Å². The molecular formula is C12H24N2O. The summed E-state index contributed by atoms with van der Waals surface area (Å²) >= 11 is 0. The highest BCUT2D eigenvalue weighted by Gasteiger charge is 2.28. The van der Waals surface area contributed by atoms with Gasteiger partial charge in [0.05, 0.1) is 6.10 Å². The van der Waals surface area contributed by atoms with Crippen molar-refractivity contribution in [1.29, 1.82) is 0 Å². The fourth-order valence-corrected chi connectivity index (χ4v) is 2.99. The van der Waals surface area contributed by atoms with E-state index in [9.17, 15) is 5.11 Å². The average Bonchev–Trinajstić information content (AvgIpc) is 2.25. The molecule has 0 spiro atoms. The molecule has 2 aliphatic rings. The summed E-state index contributed by atoms with van der Waals surface area (Å²) in [7, 11) is 2.16. The maximum absolute atomic E-state index is 9.97. The smallest absolute Gasteiger partial charge is 0.0592 e. The monoisotopic (exact) mass is 212 g/mol. The van der Waals surface area contributed by atoms with Crippen LogP contribution in [0.5, 0.6) is 0 Å². The first-order chi connectivity index (χ1) is 7.25. The summed E-state index contributed by atoms with van der Waals surface area (Å²) in [5, 5.41) is 13.4. The van der Waals surface area contributed by atoms with E-state index in [2.05, 4.69) is 17.3 Å². The first kappa shape index (κ1) is 11.4. The average molecular weight is 212 g/mol. The predicted molar refractivity (Wildman–Crippen MR) is 61.8 cm³/mol. The van der Waals surface area contributed by atoms with Gasteiger partial charge >= 0.3 is 0 Å². The molecule has 3 heteroatoms. The Morgan fingerprint density at radius 2 is 2.27 bits per heavy atom. The van der Waals surface area contributed by atoms with Gasteiger partial charge in [-0.2, -0.15) is 0 Å². The zero-order valence-electron chi connectivity index (χ0n) is 9.78. The van der Waals surface area contributed by atoms with Gasteiger partial charge in [-0.05, 0) is 57.7 Å². The number of aliphatic hydroxyl groups is 1. The van der Waals surface area contributed by atoms with Gasteiger partial charge in [-0.1, -0.05) is 0 Å². The molecule has 2 rings (SSSR count). The highest BCUT2D eigenvalue weighted by molar-refractivity contribution is 4.82. The topological polar surface area (TPSA) is 35.5 Å². The fourth-order valence-electron chi connectivity index (χ4n) is 2.99. The van der Waals surface area contributed by atoms with E-state index in [0.29, 0.717) is 5.92 Å². The fraction of sp³-hybridized carbons (Fsp3) is 1.00. The zero-order valence-corrected chi connectivity index (χ0v) is 9.78. The molecule has 0 aromatic heterocycles. The lowest BCUT2D eigenvalue weighted by Crippen LogP contribution is -2.43. The Bertz CT molecular complexity index is 192. The second kappa shape index (κ2) is 5.28. The van der Waals surface area contributed by atoms with Crippen LogP contribution in [0.15, 0.2) is 0 Å². The minimum absolute atomic E-state index is 0.0527. The van der Waals surface area contributed by atoms with Gasteiger partial charge in [-0.25, -0.2) is 0 Å². The van der Waals surface area contributed by atoms with Gasteiger partial charge in [0.15, 0.2) is 0 Å². The second-order valence-electron chi connectivity index (χ2n) is 5.33. The molecule has 0 aromatic carbocycles. The van der Waals surface area contributed by atoms with E-state index in [4.69, 9.17) is 0 Å². The Balaban J connectivity index is 1.80. The molecule has 2 saturated heterocycles. The number of aliphatic hydroxyl groups excluding tert-OH is 1. The molecule has 2 aliphatic heterocycles. The Hall–Kier alpha value is -0.120. The van der Waals surface area contributed by atoms with Crippen molar-refractivity contribution < 1.29 is 5.11 Å². The van der Waals surface area contributed by atoms with Gasteiger partial charge in [0, 0.05) is 13.1 Å². The van der Waals surface area contributed by atoms with Gasteiger partial charge < -0.3 is 15.3 Å². The summed E-state index contributed by atoms with van der Waals surface area (Å²) in [4.78, 5) is 2.35. The van der Waals surface area contributed by atoms with Crippen molar-refractivity contribution in [1.82, 2.24) is 10.2 Å². The minimum Gasteiger partial charge on any atom is -0.393 e. The molecule has 2 heterocycles. The predicted octanol–water partition coefficient (Wildman–Crippen LogP) is 0.689. The van der Waals surface area contributed by atoms with Crippen molar-refractivity contribution in [3.05, 3.63) is 0 Å². The third-order valence-electron chi connectivity index (χ3n) is 3.93. The number of nitrogens with zero attached hydrogens (tertiary/aromatic N) is 1. The highest BCUT2D eigenvalue weighted by atomic mass is 16.3. The minimum atomic E-state index is -0.0527. The molecule has 88 valence electrons. The van der Waals surface area contributed by atoms with Crippen LogP contribution in [0.25, 0.3) is 0 Å².